The first-order valence-corrected chi connectivity index (χ1v) is 10.8. The van der Waals surface area contributed by atoms with Crippen molar-refractivity contribution in [1.82, 2.24) is 5.32 Å². The fourth-order valence-corrected chi connectivity index (χ4v) is 3.59. The minimum Gasteiger partial charge on any atom is -0.489 e. The summed E-state index contributed by atoms with van der Waals surface area (Å²) in [4.78, 5) is 25.5. The molecule has 7 heteroatoms. The van der Waals surface area contributed by atoms with Crippen LogP contribution >= 0.6 is 11.8 Å². The van der Waals surface area contributed by atoms with E-state index in [1.54, 1.807) is 30.3 Å². The Morgan fingerprint density at radius 2 is 1.68 bits per heavy atom. The number of anilines is 1. The molecule has 0 aromatic heterocycles. The van der Waals surface area contributed by atoms with Crippen molar-refractivity contribution in [2.45, 2.75) is 11.8 Å². The van der Waals surface area contributed by atoms with Crippen LogP contribution in [-0.4, -0.2) is 30.7 Å². The zero-order chi connectivity index (χ0) is 22.1. The molecule has 3 aromatic rings. The molecule has 0 spiro atoms. The summed E-state index contributed by atoms with van der Waals surface area (Å²) in [6.07, 6.45) is 0. The number of carbonyl (C=O) groups is 2. The van der Waals surface area contributed by atoms with E-state index in [2.05, 4.69) is 10.6 Å². The number of hydrogen-bond donors (Lipinski definition) is 2. The van der Waals surface area contributed by atoms with E-state index < -0.39 is 5.82 Å². The van der Waals surface area contributed by atoms with Crippen LogP contribution in [0.15, 0.2) is 77.7 Å². The van der Waals surface area contributed by atoms with Crippen molar-refractivity contribution in [3.63, 3.8) is 0 Å². The molecule has 0 aliphatic heterocycles. The fourth-order valence-electron chi connectivity index (χ4n) is 2.74. The Labute approximate surface area is 185 Å². The number of carbonyl (C=O) groups excluding carboxylic acids is 2. The average Bonchev–Trinajstić information content (AvgIpc) is 2.78. The van der Waals surface area contributed by atoms with Crippen molar-refractivity contribution >= 4 is 29.3 Å². The quantitative estimate of drug-likeness (QED) is 0.376. The second-order valence-electron chi connectivity index (χ2n) is 6.73. The Morgan fingerprint density at radius 1 is 0.968 bits per heavy atom. The Bertz CT molecular complexity index is 1040. The molecule has 0 saturated heterocycles. The highest BCUT2D eigenvalue weighted by molar-refractivity contribution is 8.00. The molecule has 31 heavy (non-hydrogen) atoms. The van der Waals surface area contributed by atoms with Gasteiger partial charge in [-0.15, -0.1) is 11.8 Å². The Balaban J connectivity index is 1.49. The van der Waals surface area contributed by atoms with Crippen LogP contribution in [0.1, 0.15) is 15.9 Å². The molecule has 0 bridgehead atoms. The van der Waals surface area contributed by atoms with Gasteiger partial charge in [-0.2, -0.15) is 0 Å². The minimum absolute atomic E-state index is 0.140. The van der Waals surface area contributed by atoms with Gasteiger partial charge in [0.05, 0.1) is 17.9 Å². The van der Waals surface area contributed by atoms with E-state index in [4.69, 9.17) is 4.74 Å². The zero-order valence-corrected chi connectivity index (χ0v) is 17.9. The highest BCUT2D eigenvalue weighted by Gasteiger charge is 2.13. The van der Waals surface area contributed by atoms with E-state index in [1.807, 2.05) is 37.3 Å². The van der Waals surface area contributed by atoms with Crippen molar-refractivity contribution in [3.05, 3.63) is 89.7 Å². The number of hydrogen-bond acceptors (Lipinski definition) is 4. The second-order valence-corrected chi connectivity index (χ2v) is 7.75. The first-order valence-electron chi connectivity index (χ1n) is 9.77. The number of benzene rings is 3. The van der Waals surface area contributed by atoms with Gasteiger partial charge in [-0.05, 0) is 43.3 Å². The summed E-state index contributed by atoms with van der Waals surface area (Å²) in [7, 11) is 0. The lowest BCUT2D eigenvalue weighted by Crippen LogP contribution is -2.28. The molecule has 0 saturated carbocycles. The standard InChI is InChI=1S/C24H23FN2O3S/c1-17-10-12-18(13-11-17)27-23(28)16-31-22-9-5-2-6-19(22)24(29)26-14-15-30-21-8-4-3-7-20(21)25/h2-13H,14-16H2,1H3,(H,26,29)(H,27,28). The zero-order valence-electron chi connectivity index (χ0n) is 17.1. The minimum atomic E-state index is -0.445. The molecule has 5 nitrogen and oxygen atoms in total. The van der Waals surface area contributed by atoms with E-state index in [0.717, 1.165) is 11.3 Å². The summed E-state index contributed by atoms with van der Waals surface area (Å²) >= 11 is 1.29. The van der Waals surface area contributed by atoms with E-state index in [-0.39, 0.29) is 36.5 Å². The van der Waals surface area contributed by atoms with Gasteiger partial charge in [0.1, 0.15) is 6.61 Å². The number of aryl methyl sites for hydroxylation is 1. The lowest BCUT2D eigenvalue weighted by molar-refractivity contribution is -0.113. The molecule has 3 aromatic carbocycles. The number of para-hydroxylation sites is 1. The van der Waals surface area contributed by atoms with Gasteiger partial charge in [0, 0.05) is 10.6 Å². The SMILES string of the molecule is Cc1ccc(NC(=O)CSc2ccccc2C(=O)NCCOc2ccccc2F)cc1. The topological polar surface area (TPSA) is 67.4 Å². The van der Waals surface area contributed by atoms with E-state index in [0.29, 0.717) is 10.5 Å². The predicted octanol–water partition coefficient (Wildman–Crippen LogP) is 4.67. The average molecular weight is 439 g/mol. The van der Waals surface area contributed by atoms with Crippen LogP contribution in [0.4, 0.5) is 10.1 Å². The molecule has 0 fully saturated rings. The number of rotatable bonds is 9. The molecule has 160 valence electrons. The Kier molecular flexibility index (Phi) is 8.06. The Morgan fingerprint density at radius 3 is 2.45 bits per heavy atom. The van der Waals surface area contributed by atoms with E-state index in [1.165, 1.54) is 23.9 Å². The maximum atomic E-state index is 13.6. The predicted molar refractivity (Wildman–Crippen MR) is 121 cm³/mol. The summed E-state index contributed by atoms with van der Waals surface area (Å²) in [5.74, 6) is -0.553. The van der Waals surface area contributed by atoms with Crippen molar-refractivity contribution in [2.75, 3.05) is 24.2 Å². The van der Waals surface area contributed by atoms with Crippen LogP contribution in [0, 0.1) is 12.7 Å². The number of thioether (sulfide) groups is 1. The molecule has 2 N–H and O–H groups in total. The normalized spacial score (nSPS) is 10.4. The van der Waals surface area contributed by atoms with Crippen molar-refractivity contribution < 1.29 is 18.7 Å². The summed E-state index contributed by atoms with van der Waals surface area (Å²) in [6.45, 7) is 2.34. The first kappa shape index (κ1) is 22.4. The van der Waals surface area contributed by atoms with Crippen LogP contribution < -0.4 is 15.4 Å². The third-order valence-electron chi connectivity index (χ3n) is 4.31. The molecule has 0 aliphatic rings. The maximum Gasteiger partial charge on any atom is 0.252 e. The number of halogens is 1. The van der Waals surface area contributed by atoms with Crippen LogP contribution in [0.3, 0.4) is 0 Å². The third-order valence-corrected chi connectivity index (χ3v) is 5.38. The van der Waals surface area contributed by atoms with Gasteiger partial charge in [-0.3, -0.25) is 9.59 Å². The maximum absolute atomic E-state index is 13.6. The number of ether oxygens (including phenoxy) is 1. The van der Waals surface area contributed by atoms with Gasteiger partial charge >= 0.3 is 0 Å². The monoisotopic (exact) mass is 438 g/mol. The van der Waals surface area contributed by atoms with Crippen molar-refractivity contribution in [1.29, 1.82) is 0 Å². The van der Waals surface area contributed by atoms with Crippen LogP contribution in [0.5, 0.6) is 5.75 Å². The fraction of sp³-hybridized carbons (Fsp3) is 0.167. The molecule has 0 heterocycles. The molecular weight excluding hydrogens is 415 g/mol. The van der Waals surface area contributed by atoms with Crippen LogP contribution in [0.25, 0.3) is 0 Å². The largest absolute Gasteiger partial charge is 0.489 e. The summed E-state index contributed by atoms with van der Waals surface area (Å²) in [5.41, 5.74) is 2.32. The molecule has 3 rings (SSSR count). The molecule has 0 aliphatic carbocycles. The summed E-state index contributed by atoms with van der Waals surface area (Å²) in [5, 5.41) is 5.60. The smallest absolute Gasteiger partial charge is 0.252 e. The highest BCUT2D eigenvalue weighted by atomic mass is 32.2. The van der Waals surface area contributed by atoms with Crippen molar-refractivity contribution in [2.24, 2.45) is 0 Å². The summed E-state index contributed by atoms with van der Waals surface area (Å²) < 4.78 is 18.9. The molecule has 0 atom stereocenters. The van der Waals surface area contributed by atoms with Crippen molar-refractivity contribution in [3.8, 4) is 5.75 Å². The first-order chi connectivity index (χ1) is 15.0. The Hall–Kier alpha value is -3.32. The van der Waals surface area contributed by atoms with Gasteiger partial charge < -0.3 is 15.4 Å². The summed E-state index contributed by atoms with van der Waals surface area (Å²) in [6, 6.07) is 20.8. The van der Waals surface area contributed by atoms with Gasteiger partial charge in [-0.1, -0.05) is 42.0 Å². The van der Waals surface area contributed by atoms with Crippen LogP contribution in [0.2, 0.25) is 0 Å². The van der Waals surface area contributed by atoms with Crippen LogP contribution in [-0.2, 0) is 4.79 Å². The van der Waals surface area contributed by atoms with Gasteiger partial charge in [0.2, 0.25) is 5.91 Å². The highest BCUT2D eigenvalue weighted by Crippen LogP contribution is 2.23. The molecule has 2 amide bonds. The van der Waals surface area contributed by atoms with Gasteiger partial charge in [0.15, 0.2) is 11.6 Å². The number of nitrogens with one attached hydrogen (secondary N) is 2. The molecule has 0 unspecified atom stereocenters. The lowest BCUT2D eigenvalue weighted by Gasteiger charge is -2.11. The molecule has 0 radical (unpaired) electrons. The van der Waals surface area contributed by atoms with Gasteiger partial charge in [-0.25, -0.2) is 4.39 Å². The van der Waals surface area contributed by atoms with E-state index >= 15 is 0 Å². The second kappa shape index (κ2) is 11.2. The lowest BCUT2D eigenvalue weighted by atomic mass is 10.2. The van der Waals surface area contributed by atoms with Gasteiger partial charge in [0.25, 0.3) is 5.91 Å². The third kappa shape index (κ3) is 6.86. The van der Waals surface area contributed by atoms with E-state index in [9.17, 15) is 14.0 Å². The number of amides is 2. The molecular formula is C24H23FN2O3S.